The summed E-state index contributed by atoms with van der Waals surface area (Å²) in [5, 5.41) is 0. The van der Waals surface area contributed by atoms with Gasteiger partial charge in [-0.15, -0.1) is 0 Å². The molecule has 19 heavy (non-hydrogen) atoms. The van der Waals surface area contributed by atoms with Crippen LogP contribution in [0.25, 0.3) is 0 Å². The van der Waals surface area contributed by atoms with E-state index in [1.165, 1.54) is 6.07 Å². The van der Waals surface area contributed by atoms with Crippen LogP contribution in [0.3, 0.4) is 0 Å². The van der Waals surface area contributed by atoms with Gasteiger partial charge in [0.2, 0.25) is 5.91 Å². The van der Waals surface area contributed by atoms with Gasteiger partial charge in [-0.25, -0.2) is 0 Å². The minimum Gasteiger partial charge on any atom is -0.492 e. The summed E-state index contributed by atoms with van der Waals surface area (Å²) in [6, 6.07) is 3.23. The molecule has 0 heterocycles. The molecule has 1 aromatic rings. The molecule has 1 amide bonds. The van der Waals surface area contributed by atoms with E-state index in [-0.39, 0.29) is 23.6 Å². The Morgan fingerprint density at radius 3 is 2.42 bits per heavy atom. The molecule has 104 valence electrons. The number of alkyl halides is 3. The quantitative estimate of drug-likeness (QED) is 0.808. The van der Waals surface area contributed by atoms with Crippen molar-refractivity contribution < 1.29 is 22.7 Å². The summed E-state index contributed by atoms with van der Waals surface area (Å²) in [6.45, 7) is -0.231. The summed E-state index contributed by atoms with van der Waals surface area (Å²) in [5.74, 6) is -1.05. The zero-order valence-electron chi connectivity index (χ0n) is 9.66. The molecule has 0 radical (unpaired) electrons. The molecule has 4 N–H and O–H groups in total. The third-order valence-electron chi connectivity index (χ3n) is 2.18. The van der Waals surface area contributed by atoms with Crippen LogP contribution in [-0.2, 0) is 11.0 Å². The largest absolute Gasteiger partial charge is 0.492 e. The smallest absolute Gasteiger partial charge is 0.419 e. The Balaban J connectivity index is 3.03. The maximum atomic E-state index is 12.8. The molecule has 0 saturated carbocycles. The average molecular weight is 292 g/mol. The zero-order chi connectivity index (χ0) is 14.6. The predicted octanol–water partition coefficient (Wildman–Crippen LogP) is 1.59. The van der Waals surface area contributed by atoms with Gasteiger partial charge >= 0.3 is 6.18 Å². The Hall–Kier alpha value is -1.83. The van der Waals surface area contributed by atoms with Crippen molar-refractivity contribution in [2.45, 2.75) is 12.6 Å². The van der Waals surface area contributed by atoms with Crippen LogP contribution in [0.5, 0.6) is 5.75 Å². The fraction of sp³-hybridized carbons (Fsp3) is 0.273. The van der Waals surface area contributed by atoms with Gasteiger partial charge in [0.1, 0.15) is 10.7 Å². The Labute approximate surface area is 112 Å². The normalized spacial score (nSPS) is 11.1. The summed E-state index contributed by atoms with van der Waals surface area (Å²) in [6.07, 6.45) is -4.78. The second kappa shape index (κ2) is 5.87. The Morgan fingerprint density at radius 1 is 1.32 bits per heavy atom. The van der Waals surface area contributed by atoms with E-state index in [4.69, 9.17) is 16.2 Å². The monoisotopic (exact) mass is 292 g/mol. The van der Waals surface area contributed by atoms with E-state index < -0.39 is 23.4 Å². The lowest BCUT2D eigenvalue weighted by molar-refractivity contribution is -0.138. The number of primary amides is 1. The first-order valence-electron chi connectivity index (χ1n) is 5.14. The predicted molar refractivity (Wildman–Crippen MR) is 66.6 cm³/mol. The van der Waals surface area contributed by atoms with Crippen LogP contribution >= 0.6 is 12.2 Å². The number of rotatable bonds is 5. The zero-order valence-corrected chi connectivity index (χ0v) is 10.5. The number of ether oxygens (including phenoxy) is 1. The van der Waals surface area contributed by atoms with Crippen LogP contribution in [-0.4, -0.2) is 17.5 Å². The molecule has 1 aromatic carbocycles. The van der Waals surface area contributed by atoms with Crippen molar-refractivity contribution in [1.29, 1.82) is 0 Å². The molecule has 0 unspecified atom stereocenters. The van der Waals surface area contributed by atoms with Crippen LogP contribution in [0.4, 0.5) is 13.2 Å². The second-order valence-electron chi connectivity index (χ2n) is 3.64. The highest BCUT2D eigenvalue weighted by Crippen LogP contribution is 2.36. The van der Waals surface area contributed by atoms with Crippen molar-refractivity contribution in [3.05, 3.63) is 29.3 Å². The molecule has 0 atom stereocenters. The number of hydrogen-bond donors (Lipinski definition) is 2. The maximum absolute atomic E-state index is 12.8. The van der Waals surface area contributed by atoms with Crippen LogP contribution in [0.1, 0.15) is 17.5 Å². The second-order valence-corrected chi connectivity index (χ2v) is 4.08. The number of nitrogens with two attached hydrogens (primary N) is 2. The summed E-state index contributed by atoms with van der Waals surface area (Å²) in [7, 11) is 0. The molecule has 1 rings (SSSR count). The van der Waals surface area contributed by atoms with Gasteiger partial charge in [-0.3, -0.25) is 4.79 Å². The Morgan fingerprint density at radius 2 is 1.95 bits per heavy atom. The van der Waals surface area contributed by atoms with Crippen molar-refractivity contribution in [3.63, 3.8) is 0 Å². The van der Waals surface area contributed by atoms with Crippen molar-refractivity contribution in [3.8, 4) is 5.75 Å². The van der Waals surface area contributed by atoms with Crippen molar-refractivity contribution in [2.24, 2.45) is 11.5 Å². The van der Waals surface area contributed by atoms with Crippen LogP contribution in [0.2, 0.25) is 0 Å². The van der Waals surface area contributed by atoms with Gasteiger partial charge in [-0.05, 0) is 18.2 Å². The van der Waals surface area contributed by atoms with E-state index in [2.05, 4.69) is 12.2 Å². The molecule has 8 heteroatoms. The first-order valence-corrected chi connectivity index (χ1v) is 5.55. The van der Waals surface area contributed by atoms with E-state index in [0.29, 0.717) is 0 Å². The molecule has 0 saturated heterocycles. The molecule has 0 aromatic heterocycles. The van der Waals surface area contributed by atoms with Crippen LogP contribution in [0.15, 0.2) is 18.2 Å². The Kier molecular flexibility index (Phi) is 4.71. The molecule has 4 nitrogen and oxygen atoms in total. The van der Waals surface area contributed by atoms with Crippen LogP contribution in [0, 0.1) is 0 Å². The average Bonchev–Trinajstić information content (AvgIpc) is 2.27. The van der Waals surface area contributed by atoms with Gasteiger partial charge in [-0.1, -0.05) is 12.2 Å². The van der Waals surface area contributed by atoms with E-state index in [1.54, 1.807) is 0 Å². The number of carbonyl (C=O) groups is 1. The molecule has 0 aliphatic carbocycles. The van der Waals surface area contributed by atoms with Gasteiger partial charge < -0.3 is 16.2 Å². The topological polar surface area (TPSA) is 78.3 Å². The summed E-state index contributed by atoms with van der Waals surface area (Å²) in [5.41, 5.74) is 9.24. The fourth-order valence-corrected chi connectivity index (χ4v) is 1.42. The number of benzene rings is 1. The Bertz CT molecular complexity index is 503. The molecule has 0 aliphatic rings. The van der Waals surface area contributed by atoms with Crippen LogP contribution < -0.4 is 16.2 Å². The van der Waals surface area contributed by atoms with E-state index in [0.717, 1.165) is 12.1 Å². The van der Waals surface area contributed by atoms with Crippen molar-refractivity contribution in [1.82, 2.24) is 0 Å². The number of carbonyl (C=O) groups excluding carboxylic acids is 1. The van der Waals surface area contributed by atoms with E-state index in [1.807, 2.05) is 0 Å². The number of thiocarbonyl (C=S) groups is 1. The minimum absolute atomic E-state index is 0.0876. The molecule has 0 aliphatic heterocycles. The van der Waals surface area contributed by atoms with Gasteiger partial charge in [0.15, 0.2) is 0 Å². The highest BCUT2D eigenvalue weighted by Gasteiger charge is 2.34. The standard InChI is InChI=1S/C11H11F3N2O2S/c12-11(13,14)7-5-6(10(16)19)1-2-8(7)18-4-3-9(15)17/h1-2,5H,3-4H2,(H2,15,17)(H2,16,19). The molecule has 0 bridgehead atoms. The van der Waals surface area contributed by atoms with Crippen molar-refractivity contribution >= 4 is 23.1 Å². The number of amides is 1. The minimum atomic E-state index is -4.61. The van der Waals surface area contributed by atoms with E-state index in [9.17, 15) is 18.0 Å². The number of hydrogen-bond acceptors (Lipinski definition) is 3. The summed E-state index contributed by atoms with van der Waals surface area (Å²) in [4.78, 5) is 10.4. The lowest BCUT2D eigenvalue weighted by Crippen LogP contribution is -2.17. The first kappa shape index (κ1) is 15.2. The van der Waals surface area contributed by atoms with Gasteiger partial charge in [0.25, 0.3) is 0 Å². The molecule has 0 spiro atoms. The molecular formula is C11H11F3N2O2S. The van der Waals surface area contributed by atoms with Gasteiger partial charge in [-0.2, -0.15) is 13.2 Å². The van der Waals surface area contributed by atoms with Gasteiger partial charge in [0.05, 0.1) is 18.6 Å². The van der Waals surface area contributed by atoms with E-state index >= 15 is 0 Å². The highest BCUT2D eigenvalue weighted by molar-refractivity contribution is 7.80. The third-order valence-corrected chi connectivity index (χ3v) is 2.41. The SMILES string of the molecule is NC(=O)CCOc1ccc(C(N)=S)cc1C(F)(F)F. The lowest BCUT2D eigenvalue weighted by Gasteiger charge is -2.14. The van der Waals surface area contributed by atoms with Crippen molar-refractivity contribution in [2.75, 3.05) is 6.61 Å². The van der Waals surface area contributed by atoms with Gasteiger partial charge in [0, 0.05) is 5.56 Å². The summed E-state index contributed by atoms with van der Waals surface area (Å²) >= 11 is 4.62. The molecule has 0 fully saturated rings. The third kappa shape index (κ3) is 4.40. The first-order chi connectivity index (χ1) is 8.71. The lowest BCUT2D eigenvalue weighted by atomic mass is 10.1. The fourth-order valence-electron chi connectivity index (χ4n) is 1.29. The molecular weight excluding hydrogens is 281 g/mol. The number of halogens is 3. The highest BCUT2D eigenvalue weighted by atomic mass is 32.1. The maximum Gasteiger partial charge on any atom is 0.419 e. The summed E-state index contributed by atoms with van der Waals surface area (Å²) < 4.78 is 43.4.